The number of hydrogen-bond donors (Lipinski definition) is 1. The Labute approximate surface area is 110 Å². The van der Waals surface area contributed by atoms with Crippen LogP contribution in [0.15, 0.2) is 18.2 Å². The van der Waals surface area contributed by atoms with Gasteiger partial charge in [-0.3, -0.25) is 9.88 Å². The third-order valence-corrected chi connectivity index (χ3v) is 3.90. The highest BCUT2D eigenvalue weighted by atomic mass is 16.3. The number of nitrogens with zero attached hydrogens (tertiary/aromatic N) is 2. The standard InChI is InChI=1S/C15H24N2O/c1-3-17(14-7-9-15(18)10-8-14)11-13-6-4-5-12(2)16-13/h4-6,14-15,18H,3,7-11H2,1-2H3. The zero-order chi connectivity index (χ0) is 13.0. The van der Waals surface area contributed by atoms with Crippen molar-refractivity contribution in [1.82, 2.24) is 9.88 Å². The van der Waals surface area contributed by atoms with Crippen molar-refractivity contribution < 1.29 is 5.11 Å². The maximum atomic E-state index is 9.58. The first-order chi connectivity index (χ1) is 8.69. The summed E-state index contributed by atoms with van der Waals surface area (Å²) in [6, 6.07) is 6.83. The van der Waals surface area contributed by atoms with Gasteiger partial charge in [0.2, 0.25) is 0 Å². The van der Waals surface area contributed by atoms with Crippen molar-refractivity contribution in [1.29, 1.82) is 0 Å². The maximum Gasteiger partial charge on any atom is 0.0547 e. The lowest BCUT2D eigenvalue weighted by molar-refractivity contribution is 0.0722. The quantitative estimate of drug-likeness (QED) is 0.889. The third kappa shape index (κ3) is 3.53. The van der Waals surface area contributed by atoms with Crippen LogP contribution in [0.2, 0.25) is 0 Å². The van der Waals surface area contributed by atoms with Gasteiger partial charge >= 0.3 is 0 Å². The molecule has 3 nitrogen and oxygen atoms in total. The first-order valence-corrected chi connectivity index (χ1v) is 7.03. The molecule has 0 atom stereocenters. The Morgan fingerprint density at radius 1 is 1.28 bits per heavy atom. The van der Waals surface area contributed by atoms with Crippen LogP contribution in [0.1, 0.15) is 44.0 Å². The van der Waals surface area contributed by atoms with E-state index in [2.05, 4.69) is 28.9 Å². The topological polar surface area (TPSA) is 36.4 Å². The summed E-state index contributed by atoms with van der Waals surface area (Å²) in [7, 11) is 0. The third-order valence-electron chi connectivity index (χ3n) is 3.90. The van der Waals surface area contributed by atoms with Gasteiger partial charge in [0, 0.05) is 18.3 Å². The molecule has 0 aromatic carbocycles. The molecule has 0 saturated heterocycles. The summed E-state index contributed by atoms with van der Waals surface area (Å²) in [5, 5.41) is 9.58. The Morgan fingerprint density at radius 2 is 2.00 bits per heavy atom. The monoisotopic (exact) mass is 248 g/mol. The van der Waals surface area contributed by atoms with Crippen LogP contribution in [0.5, 0.6) is 0 Å². The van der Waals surface area contributed by atoms with Gasteiger partial charge in [0.05, 0.1) is 11.8 Å². The Morgan fingerprint density at radius 3 is 2.61 bits per heavy atom. The second-order valence-corrected chi connectivity index (χ2v) is 5.30. The molecule has 1 aromatic rings. The molecule has 1 saturated carbocycles. The number of aromatic nitrogens is 1. The van der Waals surface area contributed by atoms with Crippen molar-refractivity contribution in [3.05, 3.63) is 29.6 Å². The first-order valence-electron chi connectivity index (χ1n) is 7.03. The number of hydrogen-bond acceptors (Lipinski definition) is 3. The minimum Gasteiger partial charge on any atom is -0.393 e. The van der Waals surface area contributed by atoms with Crippen molar-refractivity contribution >= 4 is 0 Å². The molecule has 3 heteroatoms. The van der Waals surface area contributed by atoms with Gasteiger partial charge in [0.1, 0.15) is 0 Å². The second-order valence-electron chi connectivity index (χ2n) is 5.30. The summed E-state index contributed by atoms with van der Waals surface area (Å²) in [5.41, 5.74) is 2.24. The molecule has 1 fully saturated rings. The number of aryl methyl sites for hydroxylation is 1. The van der Waals surface area contributed by atoms with Crippen LogP contribution in [0.25, 0.3) is 0 Å². The minimum absolute atomic E-state index is 0.0722. The molecule has 1 aliphatic rings. The van der Waals surface area contributed by atoms with Crippen LogP contribution >= 0.6 is 0 Å². The van der Waals surface area contributed by atoms with E-state index in [0.29, 0.717) is 6.04 Å². The van der Waals surface area contributed by atoms with Gasteiger partial charge in [-0.2, -0.15) is 0 Å². The van der Waals surface area contributed by atoms with Gasteiger partial charge < -0.3 is 5.11 Å². The summed E-state index contributed by atoms with van der Waals surface area (Å²) in [5.74, 6) is 0. The van der Waals surface area contributed by atoms with Crippen molar-refractivity contribution in [2.45, 2.75) is 58.2 Å². The molecule has 1 aromatic heterocycles. The molecule has 18 heavy (non-hydrogen) atoms. The lowest BCUT2D eigenvalue weighted by Gasteiger charge is -2.34. The number of aliphatic hydroxyl groups is 1. The van der Waals surface area contributed by atoms with Crippen molar-refractivity contribution in [3.8, 4) is 0 Å². The Bertz CT molecular complexity index is 373. The average Bonchev–Trinajstić information content (AvgIpc) is 2.37. The predicted molar refractivity (Wildman–Crippen MR) is 73.3 cm³/mol. The minimum atomic E-state index is -0.0722. The Kier molecular flexibility index (Phi) is 4.72. The van der Waals surface area contributed by atoms with Gasteiger partial charge in [0.15, 0.2) is 0 Å². The van der Waals surface area contributed by atoms with Crippen LogP contribution in [-0.4, -0.2) is 33.7 Å². The SMILES string of the molecule is CCN(Cc1cccc(C)n1)C1CCC(O)CC1. The second kappa shape index (κ2) is 6.30. The largest absolute Gasteiger partial charge is 0.393 e. The number of pyridine rings is 1. The van der Waals surface area contributed by atoms with E-state index < -0.39 is 0 Å². The van der Waals surface area contributed by atoms with E-state index in [1.807, 2.05) is 13.0 Å². The normalized spacial score (nSPS) is 24.4. The van der Waals surface area contributed by atoms with E-state index in [-0.39, 0.29) is 6.10 Å². The lowest BCUT2D eigenvalue weighted by Crippen LogP contribution is -2.38. The van der Waals surface area contributed by atoms with Gasteiger partial charge in [-0.25, -0.2) is 0 Å². The van der Waals surface area contributed by atoms with E-state index in [9.17, 15) is 5.11 Å². The fourth-order valence-electron chi connectivity index (χ4n) is 2.82. The average molecular weight is 248 g/mol. The van der Waals surface area contributed by atoms with E-state index in [0.717, 1.165) is 50.2 Å². The molecule has 1 heterocycles. The van der Waals surface area contributed by atoms with E-state index >= 15 is 0 Å². The zero-order valence-electron chi connectivity index (χ0n) is 11.5. The summed E-state index contributed by atoms with van der Waals surface area (Å²) in [6.45, 7) is 6.23. The van der Waals surface area contributed by atoms with E-state index in [1.54, 1.807) is 0 Å². The van der Waals surface area contributed by atoms with Gasteiger partial charge in [-0.1, -0.05) is 13.0 Å². The summed E-state index contributed by atoms with van der Waals surface area (Å²) >= 11 is 0. The maximum absolute atomic E-state index is 9.58. The lowest BCUT2D eigenvalue weighted by atomic mass is 9.92. The number of rotatable bonds is 4. The molecule has 0 aliphatic heterocycles. The molecule has 1 N–H and O–H groups in total. The smallest absolute Gasteiger partial charge is 0.0547 e. The van der Waals surface area contributed by atoms with Crippen LogP contribution in [0, 0.1) is 6.92 Å². The highest BCUT2D eigenvalue weighted by Gasteiger charge is 2.24. The molecule has 0 spiro atoms. The van der Waals surface area contributed by atoms with Gasteiger partial charge in [-0.15, -0.1) is 0 Å². The predicted octanol–water partition coefficient (Wildman–Crippen LogP) is 2.52. The van der Waals surface area contributed by atoms with Gasteiger partial charge in [0.25, 0.3) is 0 Å². The van der Waals surface area contributed by atoms with Crippen LogP contribution < -0.4 is 0 Å². The molecular weight excluding hydrogens is 224 g/mol. The van der Waals surface area contributed by atoms with Crippen LogP contribution in [0.4, 0.5) is 0 Å². The fourth-order valence-corrected chi connectivity index (χ4v) is 2.82. The fraction of sp³-hybridized carbons (Fsp3) is 0.667. The highest BCUT2D eigenvalue weighted by molar-refractivity contribution is 5.10. The summed E-state index contributed by atoms with van der Waals surface area (Å²) < 4.78 is 0. The van der Waals surface area contributed by atoms with Crippen molar-refractivity contribution in [3.63, 3.8) is 0 Å². The van der Waals surface area contributed by atoms with Crippen molar-refractivity contribution in [2.75, 3.05) is 6.54 Å². The molecular formula is C15H24N2O. The Balaban J connectivity index is 1.96. The van der Waals surface area contributed by atoms with Gasteiger partial charge in [-0.05, 0) is 51.3 Å². The molecule has 2 rings (SSSR count). The molecule has 100 valence electrons. The summed E-state index contributed by atoms with van der Waals surface area (Å²) in [6.07, 6.45) is 4.05. The Hall–Kier alpha value is -0.930. The molecule has 0 unspecified atom stereocenters. The first kappa shape index (κ1) is 13.5. The highest BCUT2D eigenvalue weighted by Crippen LogP contribution is 2.24. The molecule has 0 radical (unpaired) electrons. The molecule has 0 amide bonds. The zero-order valence-corrected chi connectivity index (χ0v) is 11.5. The van der Waals surface area contributed by atoms with Crippen molar-refractivity contribution in [2.24, 2.45) is 0 Å². The summed E-state index contributed by atoms with van der Waals surface area (Å²) in [4.78, 5) is 7.07. The van der Waals surface area contributed by atoms with E-state index in [4.69, 9.17) is 0 Å². The molecule has 1 aliphatic carbocycles. The van der Waals surface area contributed by atoms with Crippen LogP contribution in [-0.2, 0) is 6.54 Å². The van der Waals surface area contributed by atoms with Crippen LogP contribution in [0.3, 0.4) is 0 Å². The van der Waals surface area contributed by atoms with E-state index in [1.165, 1.54) is 0 Å². The number of aliphatic hydroxyl groups excluding tert-OH is 1. The molecule has 0 bridgehead atoms.